The van der Waals surface area contributed by atoms with Crippen molar-refractivity contribution in [2.24, 2.45) is 0 Å². The molecule has 154 valence electrons. The first kappa shape index (κ1) is 19.3. The molecule has 0 aliphatic carbocycles. The Hall–Kier alpha value is -3.07. The first-order valence-corrected chi connectivity index (χ1v) is 9.66. The van der Waals surface area contributed by atoms with Crippen LogP contribution in [0.15, 0.2) is 36.7 Å². The fourth-order valence-electron chi connectivity index (χ4n) is 4.01. The van der Waals surface area contributed by atoms with Gasteiger partial charge in [0.15, 0.2) is 6.10 Å². The van der Waals surface area contributed by atoms with E-state index in [1.807, 2.05) is 29.0 Å². The Labute approximate surface area is 169 Å². The van der Waals surface area contributed by atoms with E-state index in [0.717, 1.165) is 5.82 Å². The topological polar surface area (TPSA) is 97.7 Å². The van der Waals surface area contributed by atoms with E-state index >= 15 is 0 Å². The highest BCUT2D eigenvalue weighted by atomic mass is 16.5. The number of likely N-dealkylation sites (tertiary alicyclic amines) is 1. The lowest BCUT2D eigenvalue weighted by Gasteiger charge is -2.45. The Morgan fingerprint density at radius 2 is 2.10 bits per heavy atom. The van der Waals surface area contributed by atoms with Crippen molar-refractivity contribution in [2.45, 2.75) is 31.1 Å². The van der Waals surface area contributed by atoms with Gasteiger partial charge in [-0.3, -0.25) is 4.79 Å². The number of amides is 3. The summed E-state index contributed by atoms with van der Waals surface area (Å²) in [4.78, 5) is 31.1. The predicted octanol–water partition coefficient (Wildman–Crippen LogP) is 1.56. The minimum absolute atomic E-state index is 0.151. The molecule has 29 heavy (non-hydrogen) atoms. The Morgan fingerprint density at radius 3 is 2.83 bits per heavy atom. The lowest BCUT2D eigenvalue weighted by atomic mass is 9.88. The highest BCUT2D eigenvalue weighted by Crippen LogP contribution is 2.40. The zero-order valence-corrected chi connectivity index (χ0v) is 16.6. The quantitative estimate of drug-likeness (QED) is 0.816. The third-order valence-corrected chi connectivity index (χ3v) is 5.57. The molecule has 0 radical (unpaired) electrons. The van der Waals surface area contributed by atoms with Crippen LogP contribution in [0, 0.1) is 0 Å². The number of piperidine rings is 1. The molecule has 1 fully saturated rings. The highest BCUT2D eigenvalue weighted by Gasteiger charge is 2.47. The summed E-state index contributed by atoms with van der Waals surface area (Å²) in [6.07, 6.45) is 4.18. The van der Waals surface area contributed by atoms with Gasteiger partial charge in [-0.15, -0.1) is 0 Å². The maximum atomic E-state index is 12.7. The number of rotatable bonds is 3. The molecule has 2 N–H and O–H groups in total. The normalized spacial score (nSPS) is 20.1. The largest absolute Gasteiger partial charge is 0.497 e. The van der Waals surface area contributed by atoms with Crippen molar-refractivity contribution in [1.82, 2.24) is 19.8 Å². The van der Waals surface area contributed by atoms with Crippen LogP contribution >= 0.6 is 0 Å². The van der Waals surface area contributed by atoms with Gasteiger partial charge < -0.3 is 29.6 Å². The van der Waals surface area contributed by atoms with Gasteiger partial charge in [-0.25, -0.2) is 9.78 Å². The molecular formula is C20H25N5O4. The van der Waals surface area contributed by atoms with Crippen LogP contribution in [0.5, 0.6) is 5.75 Å². The lowest BCUT2D eigenvalue weighted by molar-refractivity contribution is -0.171. The Morgan fingerprint density at radius 1 is 1.31 bits per heavy atom. The SMILES string of the molecule is CNC(=O)[C@H]1Cn2ccnc2C2(CCN(C(=O)Nc3cccc(OC)c3)CC2)O1. The zero-order chi connectivity index (χ0) is 20.4. The van der Waals surface area contributed by atoms with Crippen LogP contribution in [-0.2, 0) is 21.7 Å². The number of likely N-dealkylation sites (N-methyl/N-ethyl adjacent to an activating group) is 1. The molecule has 9 heteroatoms. The molecule has 9 nitrogen and oxygen atoms in total. The molecule has 3 heterocycles. The molecule has 1 spiro atoms. The molecule has 0 unspecified atom stereocenters. The van der Waals surface area contributed by atoms with Crippen LogP contribution in [0.1, 0.15) is 18.7 Å². The van der Waals surface area contributed by atoms with E-state index in [4.69, 9.17) is 9.47 Å². The van der Waals surface area contributed by atoms with Crippen LogP contribution in [0.2, 0.25) is 0 Å². The Balaban J connectivity index is 1.45. The number of aromatic nitrogens is 2. The van der Waals surface area contributed by atoms with E-state index in [-0.39, 0.29) is 11.9 Å². The summed E-state index contributed by atoms with van der Waals surface area (Å²) in [5.74, 6) is 1.36. The van der Waals surface area contributed by atoms with E-state index < -0.39 is 11.7 Å². The molecule has 4 rings (SSSR count). The maximum absolute atomic E-state index is 12.7. The number of nitrogens with one attached hydrogen (secondary N) is 2. The smallest absolute Gasteiger partial charge is 0.321 e. The number of urea groups is 1. The van der Waals surface area contributed by atoms with Crippen LogP contribution in [0.4, 0.5) is 10.5 Å². The predicted molar refractivity (Wildman–Crippen MR) is 106 cm³/mol. The molecule has 1 aromatic carbocycles. The van der Waals surface area contributed by atoms with Crippen LogP contribution in [-0.4, -0.2) is 59.7 Å². The molecule has 1 saturated heterocycles. The highest BCUT2D eigenvalue weighted by molar-refractivity contribution is 5.89. The third-order valence-electron chi connectivity index (χ3n) is 5.57. The van der Waals surface area contributed by atoms with Gasteiger partial charge in [0.1, 0.15) is 17.2 Å². The van der Waals surface area contributed by atoms with Crippen molar-refractivity contribution < 1.29 is 19.1 Å². The van der Waals surface area contributed by atoms with E-state index in [1.54, 1.807) is 31.3 Å². The Kier molecular flexibility index (Phi) is 5.14. The lowest BCUT2D eigenvalue weighted by Crippen LogP contribution is -2.54. The molecule has 1 aromatic heterocycles. The number of hydrogen-bond donors (Lipinski definition) is 2. The number of benzene rings is 1. The van der Waals surface area contributed by atoms with Crippen LogP contribution < -0.4 is 15.4 Å². The summed E-state index contributed by atoms with van der Waals surface area (Å²) in [5, 5.41) is 5.57. The molecule has 2 aromatic rings. The van der Waals surface area contributed by atoms with Gasteiger partial charge in [-0.05, 0) is 12.1 Å². The minimum Gasteiger partial charge on any atom is -0.497 e. The number of nitrogens with zero attached hydrogens (tertiary/aromatic N) is 3. The van der Waals surface area contributed by atoms with Gasteiger partial charge in [0, 0.05) is 57.1 Å². The van der Waals surface area contributed by atoms with Gasteiger partial charge in [-0.1, -0.05) is 6.07 Å². The number of carbonyl (C=O) groups excluding carboxylic acids is 2. The molecular weight excluding hydrogens is 374 g/mol. The average molecular weight is 399 g/mol. The number of ether oxygens (including phenoxy) is 2. The fourth-order valence-corrected chi connectivity index (χ4v) is 4.01. The number of carbonyl (C=O) groups is 2. The third kappa shape index (κ3) is 3.65. The fraction of sp³-hybridized carbons (Fsp3) is 0.450. The van der Waals surface area contributed by atoms with Gasteiger partial charge in [0.25, 0.3) is 5.91 Å². The van der Waals surface area contributed by atoms with Crippen molar-refractivity contribution in [2.75, 3.05) is 32.6 Å². The second-order valence-corrected chi connectivity index (χ2v) is 7.27. The van der Waals surface area contributed by atoms with Gasteiger partial charge in [0.2, 0.25) is 0 Å². The van der Waals surface area contributed by atoms with Crippen LogP contribution in [0.3, 0.4) is 0 Å². The molecule has 2 aliphatic rings. The van der Waals surface area contributed by atoms with Gasteiger partial charge in [-0.2, -0.15) is 0 Å². The second kappa shape index (κ2) is 7.75. The number of fused-ring (bicyclic) bond motifs is 2. The van der Waals surface area contributed by atoms with Crippen molar-refractivity contribution in [3.63, 3.8) is 0 Å². The van der Waals surface area contributed by atoms with E-state index in [9.17, 15) is 9.59 Å². The number of imidazole rings is 1. The standard InChI is InChI=1S/C20H25N5O4/c1-21-17(26)16-13-25-11-8-22-18(25)20(29-16)6-9-24(10-7-20)19(27)23-14-4-3-5-15(12-14)28-2/h3-5,8,11-12,16H,6-7,9-10,13H2,1-2H3,(H,21,26)(H,23,27)/t16-/m1/s1. The summed E-state index contributed by atoms with van der Waals surface area (Å²) in [7, 11) is 3.19. The molecule has 0 bridgehead atoms. The summed E-state index contributed by atoms with van der Waals surface area (Å²) in [5.41, 5.74) is 0.0184. The number of methoxy groups -OCH3 is 1. The summed E-state index contributed by atoms with van der Waals surface area (Å²) in [6, 6.07) is 7.08. The minimum atomic E-state index is -0.661. The monoisotopic (exact) mass is 399 g/mol. The summed E-state index contributed by atoms with van der Waals surface area (Å²) < 4.78 is 13.4. The van der Waals surface area contributed by atoms with Crippen molar-refractivity contribution >= 4 is 17.6 Å². The molecule has 3 amide bonds. The van der Waals surface area contributed by atoms with Crippen molar-refractivity contribution in [1.29, 1.82) is 0 Å². The molecule has 1 atom stereocenters. The summed E-state index contributed by atoms with van der Waals surface area (Å²) >= 11 is 0. The van der Waals surface area contributed by atoms with Gasteiger partial charge >= 0.3 is 6.03 Å². The van der Waals surface area contributed by atoms with E-state index in [1.165, 1.54) is 0 Å². The first-order chi connectivity index (χ1) is 14.0. The molecule has 2 aliphatic heterocycles. The first-order valence-electron chi connectivity index (χ1n) is 9.66. The average Bonchev–Trinajstić information content (AvgIpc) is 3.23. The van der Waals surface area contributed by atoms with Crippen LogP contribution in [0.25, 0.3) is 0 Å². The van der Waals surface area contributed by atoms with E-state index in [0.29, 0.717) is 43.9 Å². The second-order valence-electron chi connectivity index (χ2n) is 7.27. The Bertz CT molecular complexity index is 904. The number of anilines is 1. The van der Waals surface area contributed by atoms with Crippen molar-refractivity contribution in [3.05, 3.63) is 42.5 Å². The van der Waals surface area contributed by atoms with Gasteiger partial charge in [0.05, 0.1) is 13.7 Å². The zero-order valence-electron chi connectivity index (χ0n) is 16.6. The maximum Gasteiger partial charge on any atom is 0.321 e. The summed E-state index contributed by atoms with van der Waals surface area (Å²) in [6.45, 7) is 1.45. The van der Waals surface area contributed by atoms with E-state index in [2.05, 4.69) is 15.6 Å². The van der Waals surface area contributed by atoms with Crippen molar-refractivity contribution in [3.8, 4) is 5.75 Å². The molecule has 0 saturated carbocycles. The number of hydrogen-bond acceptors (Lipinski definition) is 5.